The van der Waals surface area contributed by atoms with Crippen LogP contribution in [0.4, 0.5) is 0 Å². The molecule has 0 aliphatic carbocycles. The van der Waals surface area contributed by atoms with Gasteiger partial charge in [-0.05, 0) is 33.4 Å². The lowest BCUT2D eigenvalue weighted by atomic mass is 10.5. The summed E-state index contributed by atoms with van der Waals surface area (Å²) >= 11 is 6.06. The van der Waals surface area contributed by atoms with Gasteiger partial charge in [-0.25, -0.2) is 13.1 Å². The third-order valence-corrected chi connectivity index (χ3v) is 6.31. The van der Waals surface area contributed by atoms with Crippen molar-refractivity contribution in [1.82, 2.24) is 4.72 Å². The van der Waals surface area contributed by atoms with E-state index in [1.807, 2.05) is 11.4 Å². The number of hydrogen-bond donors (Lipinski definition) is 1. The highest BCUT2D eigenvalue weighted by atomic mass is 79.9. The first-order valence-electron chi connectivity index (χ1n) is 4.34. The minimum Gasteiger partial charge on any atom is -0.206 e. The average Bonchev–Trinajstić information content (AvgIpc) is 2.85. The van der Waals surface area contributed by atoms with Crippen molar-refractivity contribution in [3.05, 3.63) is 38.3 Å². The van der Waals surface area contributed by atoms with Gasteiger partial charge in [0.15, 0.2) is 0 Å². The Morgan fingerprint density at radius 2 is 2.19 bits per heavy atom. The van der Waals surface area contributed by atoms with Gasteiger partial charge in [0.1, 0.15) is 4.21 Å². The zero-order valence-electron chi connectivity index (χ0n) is 8.01. The first kappa shape index (κ1) is 12.3. The van der Waals surface area contributed by atoms with Crippen molar-refractivity contribution in [2.24, 2.45) is 0 Å². The number of thiophene rings is 2. The summed E-state index contributed by atoms with van der Waals surface area (Å²) in [6.07, 6.45) is 0. The van der Waals surface area contributed by atoms with Gasteiger partial charge in [0.25, 0.3) is 0 Å². The second-order valence-electron chi connectivity index (χ2n) is 2.99. The van der Waals surface area contributed by atoms with Crippen molar-refractivity contribution >= 4 is 48.6 Å². The van der Waals surface area contributed by atoms with Crippen LogP contribution in [0, 0.1) is 0 Å². The summed E-state index contributed by atoms with van der Waals surface area (Å²) in [5, 5.41) is 3.67. The summed E-state index contributed by atoms with van der Waals surface area (Å²) in [6.45, 7) is 0.330. The molecule has 0 atom stereocenters. The Balaban J connectivity index is 2.06. The van der Waals surface area contributed by atoms with E-state index >= 15 is 0 Å². The second kappa shape index (κ2) is 4.97. The maximum absolute atomic E-state index is 11.8. The van der Waals surface area contributed by atoms with Crippen molar-refractivity contribution < 1.29 is 8.42 Å². The fourth-order valence-electron chi connectivity index (χ4n) is 1.10. The van der Waals surface area contributed by atoms with Crippen LogP contribution in [0.5, 0.6) is 0 Å². The molecule has 0 unspecified atom stereocenters. The molecule has 0 spiro atoms. The Hall–Kier alpha value is -0.210. The molecule has 2 rings (SSSR count). The Morgan fingerprint density at radius 1 is 1.38 bits per heavy atom. The van der Waals surface area contributed by atoms with Gasteiger partial charge in [0.05, 0.1) is 0 Å². The molecule has 0 radical (unpaired) electrons. The quantitative estimate of drug-likeness (QED) is 0.931. The van der Waals surface area contributed by atoms with Gasteiger partial charge in [0, 0.05) is 21.3 Å². The maximum atomic E-state index is 11.8. The highest BCUT2D eigenvalue weighted by Crippen LogP contribution is 2.21. The van der Waals surface area contributed by atoms with Crippen LogP contribution in [0.15, 0.2) is 37.6 Å². The summed E-state index contributed by atoms with van der Waals surface area (Å²) in [7, 11) is -3.35. The molecule has 0 saturated heterocycles. The zero-order chi connectivity index (χ0) is 11.6. The fraction of sp³-hybridized carbons (Fsp3) is 0.111. The van der Waals surface area contributed by atoms with Crippen LogP contribution in [-0.4, -0.2) is 8.42 Å². The Morgan fingerprint density at radius 3 is 2.75 bits per heavy atom. The molecule has 0 fully saturated rings. The molecular weight excluding hydrogens is 330 g/mol. The smallest absolute Gasteiger partial charge is 0.206 e. The summed E-state index contributed by atoms with van der Waals surface area (Å²) in [6, 6.07) is 5.22. The lowest BCUT2D eigenvalue weighted by Gasteiger charge is -2.02. The van der Waals surface area contributed by atoms with Crippen LogP contribution in [0.25, 0.3) is 0 Å². The molecular formula is C9H8BrNO2S3. The largest absolute Gasteiger partial charge is 0.250 e. The third kappa shape index (κ3) is 2.92. The van der Waals surface area contributed by atoms with E-state index in [-0.39, 0.29) is 0 Å². The summed E-state index contributed by atoms with van der Waals surface area (Å²) in [4.78, 5) is 0.979. The van der Waals surface area contributed by atoms with Crippen LogP contribution in [0.1, 0.15) is 4.88 Å². The fourth-order valence-corrected chi connectivity index (χ4v) is 4.63. The monoisotopic (exact) mass is 337 g/mol. The van der Waals surface area contributed by atoms with E-state index in [2.05, 4.69) is 20.7 Å². The summed E-state index contributed by atoms with van der Waals surface area (Å²) < 4.78 is 27.4. The number of hydrogen-bond acceptors (Lipinski definition) is 4. The van der Waals surface area contributed by atoms with E-state index in [4.69, 9.17) is 0 Å². The molecule has 0 bridgehead atoms. The van der Waals surface area contributed by atoms with Crippen molar-refractivity contribution in [2.75, 3.05) is 0 Å². The van der Waals surface area contributed by atoms with Crippen LogP contribution in [0.2, 0.25) is 0 Å². The normalized spacial score (nSPS) is 11.8. The average molecular weight is 338 g/mol. The van der Waals surface area contributed by atoms with E-state index in [0.29, 0.717) is 10.8 Å². The molecule has 7 heteroatoms. The minimum atomic E-state index is -3.35. The topological polar surface area (TPSA) is 46.2 Å². The lowest BCUT2D eigenvalue weighted by Crippen LogP contribution is -2.21. The van der Waals surface area contributed by atoms with Crippen molar-refractivity contribution in [3.8, 4) is 0 Å². The van der Waals surface area contributed by atoms with Gasteiger partial charge in [-0.15, -0.1) is 22.7 Å². The molecule has 0 aromatic carbocycles. The van der Waals surface area contributed by atoms with Crippen LogP contribution < -0.4 is 4.72 Å². The van der Waals surface area contributed by atoms with Gasteiger partial charge in [-0.1, -0.05) is 6.07 Å². The SMILES string of the molecule is O=S(=O)(NCc1cc(Br)cs1)c1cccs1. The molecule has 16 heavy (non-hydrogen) atoms. The van der Waals surface area contributed by atoms with Gasteiger partial charge in [-0.3, -0.25) is 0 Å². The first-order valence-corrected chi connectivity index (χ1v) is 8.37. The molecule has 0 saturated carbocycles. The Labute approximate surface area is 110 Å². The second-order valence-corrected chi connectivity index (χ2v) is 7.84. The van der Waals surface area contributed by atoms with E-state index in [9.17, 15) is 8.42 Å². The molecule has 2 heterocycles. The highest BCUT2D eigenvalue weighted by molar-refractivity contribution is 9.10. The van der Waals surface area contributed by atoms with Crippen molar-refractivity contribution in [2.45, 2.75) is 10.8 Å². The summed E-state index contributed by atoms with van der Waals surface area (Å²) in [5.74, 6) is 0. The molecule has 0 aliphatic heterocycles. The van der Waals surface area contributed by atoms with Gasteiger partial charge in [-0.2, -0.15) is 0 Å². The molecule has 86 valence electrons. The molecule has 0 aliphatic rings. The lowest BCUT2D eigenvalue weighted by molar-refractivity contribution is 0.584. The number of rotatable bonds is 4. The van der Waals surface area contributed by atoms with Crippen LogP contribution in [0.3, 0.4) is 0 Å². The van der Waals surface area contributed by atoms with Crippen LogP contribution >= 0.6 is 38.6 Å². The first-order chi connectivity index (χ1) is 7.58. The molecule has 0 amide bonds. The van der Waals surface area contributed by atoms with E-state index in [1.54, 1.807) is 17.5 Å². The van der Waals surface area contributed by atoms with Crippen molar-refractivity contribution in [1.29, 1.82) is 0 Å². The minimum absolute atomic E-state index is 0.330. The van der Waals surface area contributed by atoms with Crippen LogP contribution in [-0.2, 0) is 16.6 Å². The van der Waals surface area contributed by atoms with E-state index in [1.165, 1.54) is 22.7 Å². The Kier molecular flexibility index (Phi) is 3.81. The van der Waals surface area contributed by atoms with E-state index in [0.717, 1.165) is 9.35 Å². The van der Waals surface area contributed by atoms with E-state index < -0.39 is 10.0 Å². The molecule has 2 aromatic rings. The van der Waals surface area contributed by atoms with Gasteiger partial charge >= 0.3 is 0 Å². The third-order valence-electron chi connectivity index (χ3n) is 1.82. The number of halogens is 1. The highest BCUT2D eigenvalue weighted by Gasteiger charge is 2.14. The molecule has 2 aromatic heterocycles. The van der Waals surface area contributed by atoms with Crippen molar-refractivity contribution in [3.63, 3.8) is 0 Å². The predicted molar refractivity (Wildman–Crippen MR) is 70.4 cm³/mol. The maximum Gasteiger partial charge on any atom is 0.250 e. The molecule has 3 nitrogen and oxygen atoms in total. The zero-order valence-corrected chi connectivity index (χ0v) is 12.0. The predicted octanol–water partition coefficient (Wildman–Crippen LogP) is 3.05. The number of sulfonamides is 1. The Bertz CT molecular complexity index is 559. The number of nitrogens with one attached hydrogen (secondary N) is 1. The standard InChI is InChI=1S/C9H8BrNO2S3/c10-7-4-8(15-6-7)5-11-16(12,13)9-2-1-3-14-9/h1-4,6,11H,5H2. The molecule has 1 N–H and O–H groups in total. The van der Waals surface area contributed by atoms with Gasteiger partial charge in [0.2, 0.25) is 10.0 Å². The summed E-state index contributed by atoms with van der Waals surface area (Å²) in [5.41, 5.74) is 0. The van der Waals surface area contributed by atoms with Gasteiger partial charge < -0.3 is 0 Å².